The molecule has 0 saturated heterocycles. The van der Waals surface area contributed by atoms with Crippen LogP contribution in [0.25, 0.3) is 0 Å². The Morgan fingerprint density at radius 3 is 2.22 bits per heavy atom. The second kappa shape index (κ2) is 4.08. The Morgan fingerprint density at radius 1 is 1.33 bits per heavy atom. The second-order valence-electron chi connectivity index (χ2n) is 2.13. The Morgan fingerprint density at radius 2 is 2.00 bits per heavy atom. The van der Waals surface area contributed by atoms with Gasteiger partial charge in [-0.15, -0.1) is 0 Å². The van der Waals surface area contributed by atoms with Crippen LogP contribution in [0, 0.1) is 5.92 Å². The van der Waals surface area contributed by atoms with Crippen molar-refractivity contribution in [3.8, 4) is 0 Å². The third-order valence-electron chi connectivity index (χ3n) is 1.39. The standard InChI is InChI=1S/C6H7I3/c7-5-2-1-4(3-5)6(8)9/h1-2,4-6H,3H2. The number of rotatable bonds is 1. The first-order chi connectivity index (χ1) is 4.20. The lowest BCUT2D eigenvalue weighted by Crippen LogP contribution is -2.03. The fourth-order valence-electron chi connectivity index (χ4n) is 0.867. The van der Waals surface area contributed by atoms with Crippen molar-refractivity contribution in [2.75, 3.05) is 0 Å². The Labute approximate surface area is 96.7 Å². The first-order valence-corrected chi connectivity index (χ1v) is 6.54. The van der Waals surface area contributed by atoms with E-state index in [1.165, 1.54) is 6.42 Å². The summed E-state index contributed by atoms with van der Waals surface area (Å²) >= 11 is 7.46. The third-order valence-corrected chi connectivity index (χ3v) is 4.16. The summed E-state index contributed by atoms with van der Waals surface area (Å²) in [4.78, 5) is 0. The van der Waals surface area contributed by atoms with Gasteiger partial charge in [-0.2, -0.15) is 0 Å². The number of alkyl halides is 3. The van der Waals surface area contributed by atoms with Gasteiger partial charge in [0.25, 0.3) is 0 Å². The quantitative estimate of drug-likeness (QED) is 0.319. The fourth-order valence-corrected chi connectivity index (χ4v) is 2.76. The summed E-state index contributed by atoms with van der Waals surface area (Å²) in [5.41, 5.74) is 0. The highest BCUT2D eigenvalue weighted by molar-refractivity contribution is 14.2. The van der Waals surface area contributed by atoms with Crippen molar-refractivity contribution in [1.82, 2.24) is 0 Å². The highest BCUT2D eigenvalue weighted by Crippen LogP contribution is 2.33. The van der Waals surface area contributed by atoms with Gasteiger partial charge in [0.2, 0.25) is 0 Å². The molecule has 0 aliphatic heterocycles. The molecule has 1 aliphatic carbocycles. The summed E-state index contributed by atoms with van der Waals surface area (Å²) in [5.74, 6) is 0.827. The lowest BCUT2D eigenvalue weighted by molar-refractivity contribution is 0.727. The van der Waals surface area contributed by atoms with Crippen molar-refractivity contribution < 1.29 is 0 Å². The topological polar surface area (TPSA) is 0 Å². The van der Waals surface area contributed by atoms with Crippen LogP contribution in [0.15, 0.2) is 12.2 Å². The molecule has 1 rings (SSSR count). The molecule has 0 fully saturated rings. The molecule has 52 valence electrons. The molecule has 0 bridgehead atoms. The summed E-state index contributed by atoms with van der Waals surface area (Å²) in [6.45, 7) is 0. The monoisotopic (exact) mass is 460 g/mol. The minimum absolute atomic E-state index is 0.774. The van der Waals surface area contributed by atoms with E-state index in [0.29, 0.717) is 0 Å². The zero-order valence-electron chi connectivity index (χ0n) is 4.73. The van der Waals surface area contributed by atoms with E-state index in [-0.39, 0.29) is 0 Å². The van der Waals surface area contributed by atoms with Gasteiger partial charge in [0.05, 0.1) is 1.93 Å². The first-order valence-electron chi connectivity index (χ1n) is 2.80. The lowest BCUT2D eigenvalue weighted by atomic mass is 10.2. The van der Waals surface area contributed by atoms with Gasteiger partial charge in [-0.1, -0.05) is 79.9 Å². The van der Waals surface area contributed by atoms with Crippen molar-refractivity contribution in [3.63, 3.8) is 0 Å². The Hall–Kier alpha value is 1.93. The van der Waals surface area contributed by atoms with Gasteiger partial charge in [0.1, 0.15) is 0 Å². The molecule has 0 radical (unpaired) electrons. The zero-order valence-corrected chi connectivity index (χ0v) is 11.2. The highest BCUT2D eigenvalue weighted by Gasteiger charge is 2.20. The minimum Gasteiger partial charge on any atom is -0.0825 e. The Bertz CT molecular complexity index is 119. The maximum Gasteiger partial charge on any atom is 0.0689 e. The van der Waals surface area contributed by atoms with Crippen LogP contribution in [-0.2, 0) is 0 Å². The smallest absolute Gasteiger partial charge is 0.0689 e. The summed E-state index contributed by atoms with van der Waals surface area (Å²) in [7, 11) is 0. The summed E-state index contributed by atoms with van der Waals surface area (Å²) in [5, 5.41) is 0. The van der Waals surface area contributed by atoms with Crippen LogP contribution in [0.4, 0.5) is 0 Å². The Balaban J connectivity index is 2.41. The predicted molar refractivity (Wildman–Crippen MR) is 66.9 cm³/mol. The molecular formula is C6H7I3. The van der Waals surface area contributed by atoms with Crippen LogP contribution >= 0.6 is 67.8 Å². The molecule has 0 aromatic heterocycles. The van der Waals surface area contributed by atoms with Crippen molar-refractivity contribution in [3.05, 3.63) is 12.2 Å². The molecule has 3 heteroatoms. The number of hydrogen-bond acceptors (Lipinski definition) is 0. The van der Waals surface area contributed by atoms with Gasteiger partial charge in [0, 0.05) is 3.92 Å². The van der Waals surface area contributed by atoms with E-state index in [9.17, 15) is 0 Å². The van der Waals surface area contributed by atoms with Crippen LogP contribution in [-0.4, -0.2) is 5.86 Å². The average molecular weight is 460 g/mol. The molecule has 0 saturated carbocycles. The maximum absolute atomic E-state index is 2.49. The van der Waals surface area contributed by atoms with Gasteiger partial charge >= 0.3 is 0 Å². The number of allylic oxidation sites excluding steroid dienone is 2. The molecule has 1 aliphatic rings. The van der Waals surface area contributed by atoms with Gasteiger partial charge in [-0.25, -0.2) is 0 Å². The van der Waals surface area contributed by atoms with E-state index in [4.69, 9.17) is 0 Å². The van der Waals surface area contributed by atoms with E-state index in [1.54, 1.807) is 0 Å². The zero-order chi connectivity index (χ0) is 6.85. The van der Waals surface area contributed by atoms with Gasteiger partial charge in [0.15, 0.2) is 0 Å². The lowest BCUT2D eigenvalue weighted by Gasteiger charge is -2.08. The highest BCUT2D eigenvalue weighted by atomic mass is 127. The minimum atomic E-state index is 0.774. The van der Waals surface area contributed by atoms with Crippen LogP contribution in [0.3, 0.4) is 0 Å². The van der Waals surface area contributed by atoms with E-state index in [0.717, 1.165) is 11.8 Å². The molecule has 0 aromatic carbocycles. The first kappa shape index (κ1) is 9.02. The van der Waals surface area contributed by atoms with Crippen molar-refractivity contribution >= 4 is 67.8 Å². The van der Waals surface area contributed by atoms with Crippen molar-refractivity contribution in [2.24, 2.45) is 5.92 Å². The molecule has 0 heterocycles. The molecular weight excluding hydrogens is 453 g/mol. The van der Waals surface area contributed by atoms with Gasteiger partial charge in [-0.05, 0) is 12.3 Å². The molecule has 0 spiro atoms. The predicted octanol–water partition coefficient (Wildman–Crippen LogP) is 3.56. The fraction of sp³-hybridized carbons (Fsp3) is 0.667. The SMILES string of the molecule is IC1C=CC(C(I)I)C1. The molecule has 0 aromatic rings. The largest absolute Gasteiger partial charge is 0.0825 e. The molecule has 2 atom stereocenters. The van der Waals surface area contributed by atoms with Crippen LogP contribution in [0.2, 0.25) is 0 Å². The number of halogens is 3. The number of hydrogen-bond donors (Lipinski definition) is 0. The molecule has 2 unspecified atom stereocenters. The third kappa shape index (κ3) is 2.80. The summed E-state index contributed by atoms with van der Waals surface area (Å²) in [6, 6.07) is 0. The molecule has 0 nitrogen and oxygen atoms in total. The molecule has 9 heavy (non-hydrogen) atoms. The van der Waals surface area contributed by atoms with Crippen molar-refractivity contribution in [2.45, 2.75) is 12.3 Å². The average Bonchev–Trinajstić information content (AvgIpc) is 2.14. The summed E-state index contributed by atoms with van der Waals surface area (Å²) < 4.78 is 1.57. The van der Waals surface area contributed by atoms with E-state index < -0.39 is 0 Å². The molecule has 0 amide bonds. The van der Waals surface area contributed by atoms with E-state index in [2.05, 4.69) is 79.9 Å². The van der Waals surface area contributed by atoms with E-state index in [1.807, 2.05) is 0 Å². The van der Waals surface area contributed by atoms with Gasteiger partial charge < -0.3 is 0 Å². The maximum atomic E-state index is 2.49. The Kier molecular flexibility index (Phi) is 4.09. The van der Waals surface area contributed by atoms with Crippen LogP contribution < -0.4 is 0 Å². The van der Waals surface area contributed by atoms with Crippen LogP contribution in [0.5, 0.6) is 0 Å². The van der Waals surface area contributed by atoms with E-state index >= 15 is 0 Å². The second-order valence-corrected chi connectivity index (χ2v) is 8.80. The van der Waals surface area contributed by atoms with Gasteiger partial charge in [-0.3, -0.25) is 0 Å². The summed E-state index contributed by atoms with van der Waals surface area (Å²) in [6.07, 6.45) is 6.01. The molecule has 0 N–H and O–H groups in total. The van der Waals surface area contributed by atoms with Crippen LogP contribution in [0.1, 0.15) is 6.42 Å². The normalized spacial score (nSPS) is 34.2. The van der Waals surface area contributed by atoms with Crippen molar-refractivity contribution in [1.29, 1.82) is 0 Å².